The van der Waals surface area contributed by atoms with Crippen LogP contribution in [0.5, 0.6) is 0 Å². The van der Waals surface area contributed by atoms with Gasteiger partial charge in [0.25, 0.3) is 5.91 Å². The first-order valence-electron chi connectivity index (χ1n) is 7.66. The Hall–Kier alpha value is -1.88. The van der Waals surface area contributed by atoms with Crippen LogP contribution in [0.4, 0.5) is 0 Å². The molecule has 2 N–H and O–H groups in total. The summed E-state index contributed by atoms with van der Waals surface area (Å²) >= 11 is 5.86. The van der Waals surface area contributed by atoms with Crippen molar-refractivity contribution in [2.24, 2.45) is 0 Å². The van der Waals surface area contributed by atoms with Crippen LogP contribution in [0, 0.1) is 0 Å². The van der Waals surface area contributed by atoms with Crippen molar-refractivity contribution in [2.75, 3.05) is 13.3 Å². The summed E-state index contributed by atoms with van der Waals surface area (Å²) in [6.07, 6.45) is 1.20. The molecule has 0 aliphatic rings. The summed E-state index contributed by atoms with van der Waals surface area (Å²) in [5.74, 6) is -0.434. The fourth-order valence-electron chi connectivity index (χ4n) is 2.05. The Morgan fingerprint density at radius 2 is 1.63 bits per heavy atom. The summed E-state index contributed by atoms with van der Waals surface area (Å²) in [6.45, 7) is 1.96. The van der Waals surface area contributed by atoms with Gasteiger partial charge in [0.05, 0.1) is 6.66 Å². The highest BCUT2D eigenvalue weighted by Crippen LogP contribution is 2.59. The SMILES string of the molecule is CP(=O)(O)OP(C)(=O)OC(=CNC(=O)c1ccccc1)c1ccc(Cl)cc1. The van der Waals surface area contributed by atoms with Gasteiger partial charge >= 0.3 is 15.2 Å². The topological polar surface area (TPSA) is 102 Å². The largest absolute Gasteiger partial charge is 0.422 e. The van der Waals surface area contributed by atoms with E-state index in [-0.39, 0.29) is 5.76 Å². The lowest BCUT2D eigenvalue weighted by atomic mass is 10.2. The summed E-state index contributed by atoms with van der Waals surface area (Å²) < 4.78 is 33.8. The molecule has 10 heteroatoms. The molecular formula is C17H18ClNO6P2. The number of benzene rings is 2. The van der Waals surface area contributed by atoms with Crippen LogP contribution < -0.4 is 5.32 Å². The van der Waals surface area contributed by atoms with E-state index in [4.69, 9.17) is 16.1 Å². The minimum atomic E-state index is -4.05. The maximum Gasteiger partial charge on any atom is 0.383 e. The van der Waals surface area contributed by atoms with Gasteiger partial charge in [0, 0.05) is 29.0 Å². The zero-order valence-corrected chi connectivity index (χ0v) is 17.1. The number of nitrogens with one attached hydrogen (secondary N) is 1. The molecule has 2 unspecified atom stereocenters. The third-order valence-corrected chi connectivity index (χ3v) is 6.24. The van der Waals surface area contributed by atoms with E-state index >= 15 is 0 Å². The molecule has 1 amide bonds. The number of hydrogen-bond donors (Lipinski definition) is 2. The van der Waals surface area contributed by atoms with Crippen LogP contribution in [0.2, 0.25) is 5.02 Å². The van der Waals surface area contributed by atoms with Crippen molar-refractivity contribution in [3.05, 3.63) is 76.9 Å². The zero-order chi connectivity index (χ0) is 20.1. The standard InChI is InChI=1S/C17H18ClNO6P2/c1-26(21,22)25-27(2,23)24-16(13-8-10-15(18)11-9-13)12-19-17(20)14-6-4-3-5-7-14/h3-12H,1-2H3,(H,19,20)(H,21,22). The van der Waals surface area contributed by atoms with Crippen LogP contribution >= 0.6 is 26.8 Å². The first-order chi connectivity index (χ1) is 12.6. The molecule has 0 bridgehead atoms. The Morgan fingerprint density at radius 3 is 2.19 bits per heavy atom. The lowest BCUT2D eigenvalue weighted by molar-refractivity contribution is 0.0969. The molecule has 0 heterocycles. The van der Waals surface area contributed by atoms with Gasteiger partial charge < -0.3 is 14.7 Å². The molecule has 0 saturated heterocycles. The maximum absolute atomic E-state index is 12.4. The second-order valence-corrected chi connectivity index (χ2v) is 10.0. The van der Waals surface area contributed by atoms with E-state index < -0.39 is 21.1 Å². The number of carbonyl (C=O) groups is 1. The number of carbonyl (C=O) groups excluding carboxylic acids is 1. The van der Waals surface area contributed by atoms with E-state index in [0.717, 1.165) is 13.3 Å². The second kappa shape index (κ2) is 8.87. The average Bonchev–Trinajstić information content (AvgIpc) is 2.57. The van der Waals surface area contributed by atoms with Crippen molar-refractivity contribution in [2.45, 2.75) is 0 Å². The minimum Gasteiger partial charge on any atom is -0.422 e. The van der Waals surface area contributed by atoms with E-state index in [1.54, 1.807) is 54.6 Å². The third kappa shape index (κ3) is 7.33. The molecule has 0 spiro atoms. The Bertz CT molecular complexity index is 924. The smallest absolute Gasteiger partial charge is 0.383 e. The van der Waals surface area contributed by atoms with Gasteiger partial charge in [-0.25, -0.2) is 8.88 Å². The summed E-state index contributed by atoms with van der Waals surface area (Å²) in [5.41, 5.74) is 0.843. The summed E-state index contributed by atoms with van der Waals surface area (Å²) in [6, 6.07) is 14.7. The zero-order valence-electron chi connectivity index (χ0n) is 14.5. The van der Waals surface area contributed by atoms with Crippen molar-refractivity contribution in [3.8, 4) is 0 Å². The highest BCUT2D eigenvalue weighted by atomic mass is 35.5. The molecular weight excluding hydrogens is 412 g/mol. The number of amides is 1. The van der Waals surface area contributed by atoms with E-state index in [2.05, 4.69) is 9.63 Å². The maximum atomic E-state index is 12.4. The van der Waals surface area contributed by atoms with Crippen LogP contribution in [0.15, 0.2) is 60.8 Å². The van der Waals surface area contributed by atoms with Crippen LogP contribution in [-0.2, 0) is 18.0 Å². The Kier molecular flexibility index (Phi) is 7.04. The summed E-state index contributed by atoms with van der Waals surface area (Å²) in [5, 5.41) is 3.00. The van der Waals surface area contributed by atoms with Gasteiger partial charge in [0.15, 0.2) is 5.76 Å². The summed E-state index contributed by atoms with van der Waals surface area (Å²) in [7, 11) is -8.00. The van der Waals surface area contributed by atoms with Crippen molar-refractivity contribution in [1.29, 1.82) is 0 Å². The van der Waals surface area contributed by atoms with Crippen LogP contribution in [-0.4, -0.2) is 24.1 Å². The fraction of sp³-hybridized carbons (Fsp3) is 0.118. The molecule has 0 fully saturated rings. The van der Waals surface area contributed by atoms with Gasteiger partial charge in [-0.2, -0.15) is 0 Å². The Morgan fingerprint density at radius 1 is 1.04 bits per heavy atom. The predicted octanol–water partition coefficient (Wildman–Crippen LogP) is 4.74. The molecule has 2 aromatic carbocycles. The van der Waals surface area contributed by atoms with E-state index in [1.165, 1.54) is 6.20 Å². The van der Waals surface area contributed by atoms with Crippen molar-refractivity contribution in [1.82, 2.24) is 5.32 Å². The van der Waals surface area contributed by atoms with Gasteiger partial charge in [-0.05, 0) is 36.4 Å². The molecule has 2 atom stereocenters. The van der Waals surface area contributed by atoms with E-state index in [0.29, 0.717) is 16.1 Å². The molecule has 144 valence electrons. The van der Waals surface area contributed by atoms with Gasteiger partial charge in [-0.3, -0.25) is 9.36 Å². The molecule has 7 nitrogen and oxygen atoms in total. The monoisotopic (exact) mass is 429 g/mol. The Balaban J connectivity index is 2.29. The summed E-state index contributed by atoms with van der Waals surface area (Å²) in [4.78, 5) is 21.5. The predicted molar refractivity (Wildman–Crippen MR) is 105 cm³/mol. The molecule has 0 radical (unpaired) electrons. The first kappa shape index (κ1) is 21.4. The number of rotatable bonds is 7. The minimum absolute atomic E-state index is 0.0183. The molecule has 2 aromatic rings. The van der Waals surface area contributed by atoms with Crippen molar-refractivity contribution in [3.63, 3.8) is 0 Å². The van der Waals surface area contributed by atoms with Crippen LogP contribution in [0.3, 0.4) is 0 Å². The molecule has 0 saturated carbocycles. The quantitative estimate of drug-likeness (QED) is 0.487. The van der Waals surface area contributed by atoms with Gasteiger partial charge in [-0.15, -0.1) is 0 Å². The lowest BCUT2D eigenvalue weighted by Crippen LogP contribution is -2.17. The average molecular weight is 430 g/mol. The van der Waals surface area contributed by atoms with Crippen LogP contribution in [0.25, 0.3) is 5.76 Å². The number of halogens is 1. The lowest BCUT2D eigenvalue weighted by Gasteiger charge is -2.19. The molecule has 2 rings (SSSR count). The second-order valence-electron chi connectivity index (χ2n) is 5.60. The number of hydrogen-bond acceptors (Lipinski definition) is 5. The normalized spacial score (nSPS) is 16.1. The highest BCUT2D eigenvalue weighted by Gasteiger charge is 2.29. The van der Waals surface area contributed by atoms with Gasteiger partial charge in [0.2, 0.25) is 0 Å². The van der Waals surface area contributed by atoms with Crippen LogP contribution in [0.1, 0.15) is 15.9 Å². The van der Waals surface area contributed by atoms with Crippen molar-refractivity contribution >= 4 is 38.5 Å². The van der Waals surface area contributed by atoms with Gasteiger partial charge in [0.1, 0.15) is 0 Å². The first-order valence-corrected chi connectivity index (χ1v) is 12.1. The van der Waals surface area contributed by atoms with E-state index in [9.17, 15) is 18.8 Å². The Labute approximate surface area is 162 Å². The third-order valence-electron chi connectivity index (χ3n) is 3.06. The highest BCUT2D eigenvalue weighted by molar-refractivity contribution is 7.66. The fourth-order valence-corrected chi connectivity index (χ4v) is 5.03. The van der Waals surface area contributed by atoms with Crippen molar-refractivity contribution < 1.29 is 27.7 Å². The molecule has 0 aliphatic heterocycles. The molecule has 0 aliphatic carbocycles. The molecule has 27 heavy (non-hydrogen) atoms. The molecule has 0 aromatic heterocycles. The van der Waals surface area contributed by atoms with Gasteiger partial charge in [-0.1, -0.05) is 29.8 Å². The van der Waals surface area contributed by atoms with E-state index in [1.807, 2.05) is 0 Å².